The molecule has 0 aliphatic rings. The minimum absolute atomic E-state index is 0.104. The molecule has 0 heterocycles. The summed E-state index contributed by atoms with van der Waals surface area (Å²) in [5.41, 5.74) is 0. The third kappa shape index (κ3) is 10.1. The molecule has 7 heteroatoms. The number of carbonyl (C=O) groups is 2. The second-order valence-corrected chi connectivity index (χ2v) is 4.86. The number of methoxy groups -OCH3 is 1. The van der Waals surface area contributed by atoms with Crippen molar-refractivity contribution in [1.29, 1.82) is 0 Å². The lowest BCUT2D eigenvalue weighted by Gasteiger charge is -2.09. The maximum absolute atomic E-state index is 11.3. The molecule has 0 saturated carbocycles. The largest absolute Gasteiger partial charge is 0.396 e. The van der Waals surface area contributed by atoms with E-state index >= 15 is 0 Å². The molecule has 0 rings (SSSR count). The van der Waals surface area contributed by atoms with E-state index in [0.717, 1.165) is 0 Å². The Balaban J connectivity index is 3.60. The van der Waals surface area contributed by atoms with Crippen LogP contribution in [0, 0.1) is 0 Å². The Kier molecular flexibility index (Phi) is 9.89. The molecular formula is C10H20N2O4S. The van der Waals surface area contributed by atoms with Crippen LogP contribution in [0.4, 0.5) is 4.79 Å². The lowest BCUT2D eigenvalue weighted by Crippen LogP contribution is -2.41. The van der Waals surface area contributed by atoms with Crippen molar-refractivity contribution in [2.45, 2.75) is 18.6 Å². The SMILES string of the molecule is COCCNC(=O)NC(=O)CSC(C)CCO. The Morgan fingerprint density at radius 3 is 2.76 bits per heavy atom. The van der Waals surface area contributed by atoms with Gasteiger partial charge in [-0.3, -0.25) is 10.1 Å². The molecule has 1 unspecified atom stereocenters. The minimum atomic E-state index is -0.512. The Labute approximate surface area is 105 Å². The van der Waals surface area contributed by atoms with Crippen LogP contribution in [-0.2, 0) is 9.53 Å². The van der Waals surface area contributed by atoms with Gasteiger partial charge in [-0.05, 0) is 6.42 Å². The summed E-state index contributed by atoms with van der Waals surface area (Å²) in [6.45, 7) is 2.80. The predicted molar refractivity (Wildman–Crippen MR) is 67.0 cm³/mol. The van der Waals surface area contributed by atoms with Gasteiger partial charge in [0.15, 0.2) is 0 Å². The van der Waals surface area contributed by atoms with E-state index < -0.39 is 6.03 Å². The Bertz CT molecular complexity index is 238. The molecule has 17 heavy (non-hydrogen) atoms. The fraction of sp³-hybridized carbons (Fsp3) is 0.800. The van der Waals surface area contributed by atoms with Crippen LogP contribution in [-0.4, -0.2) is 54.9 Å². The number of aliphatic hydroxyl groups is 1. The lowest BCUT2D eigenvalue weighted by molar-refractivity contribution is -0.117. The zero-order valence-corrected chi connectivity index (χ0v) is 11.0. The Morgan fingerprint density at radius 2 is 2.18 bits per heavy atom. The summed E-state index contributed by atoms with van der Waals surface area (Å²) in [5.74, 6) is -0.131. The van der Waals surface area contributed by atoms with Gasteiger partial charge < -0.3 is 15.2 Å². The van der Waals surface area contributed by atoms with E-state index in [2.05, 4.69) is 10.6 Å². The molecule has 3 N–H and O–H groups in total. The van der Waals surface area contributed by atoms with Gasteiger partial charge in [0.25, 0.3) is 0 Å². The predicted octanol–water partition coefficient (Wildman–Crippen LogP) is -0.0373. The lowest BCUT2D eigenvalue weighted by atomic mass is 10.3. The highest BCUT2D eigenvalue weighted by Crippen LogP contribution is 2.12. The highest BCUT2D eigenvalue weighted by atomic mass is 32.2. The molecule has 0 aliphatic carbocycles. The topological polar surface area (TPSA) is 87.7 Å². The van der Waals surface area contributed by atoms with Gasteiger partial charge in [0.05, 0.1) is 12.4 Å². The summed E-state index contributed by atoms with van der Waals surface area (Å²) in [6.07, 6.45) is 0.637. The first-order chi connectivity index (χ1) is 8.10. The molecule has 0 spiro atoms. The third-order valence-corrected chi connectivity index (χ3v) is 3.11. The first-order valence-electron chi connectivity index (χ1n) is 5.39. The van der Waals surface area contributed by atoms with Crippen molar-refractivity contribution < 1.29 is 19.4 Å². The number of aliphatic hydroxyl groups excluding tert-OH is 1. The van der Waals surface area contributed by atoms with Crippen molar-refractivity contribution in [1.82, 2.24) is 10.6 Å². The number of hydrogen-bond acceptors (Lipinski definition) is 5. The van der Waals surface area contributed by atoms with Crippen molar-refractivity contribution >= 4 is 23.7 Å². The smallest absolute Gasteiger partial charge is 0.321 e. The van der Waals surface area contributed by atoms with Gasteiger partial charge in [0.1, 0.15) is 0 Å². The molecular weight excluding hydrogens is 244 g/mol. The molecule has 1 atom stereocenters. The second-order valence-electron chi connectivity index (χ2n) is 3.43. The fourth-order valence-corrected chi connectivity index (χ4v) is 1.74. The summed E-state index contributed by atoms with van der Waals surface area (Å²) in [7, 11) is 1.53. The Morgan fingerprint density at radius 1 is 1.47 bits per heavy atom. The highest BCUT2D eigenvalue weighted by molar-refractivity contribution is 8.00. The van der Waals surface area contributed by atoms with E-state index in [-0.39, 0.29) is 23.5 Å². The van der Waals surface area contributed by atoms with Crippen molar-refractivity contribution in [3.05, 3.63) is 0 Å². The number of nitrogens with one attached hydrogen (secondary N) is 2. The van der Waals surface area contributed by atoms with Gasteiger partial charge >= 0.3 is 6.03 Å². The summed E-state index contributed by atoms with van der Waals surface area (Å²) in [4.78, 5) is 22.5. The van der Waals surface area contributed by atoms with E-state index in [9.17, 15) is 9.59 Å². The molecule has 0 aromatic rings. The number of hydrogen-bond donors (Lipinski definition) is 3. The second kappa shape index (κ2) is 10.4. The van der Waals surface area contributed by atoms with E-state index in [0.29, 0.717) is 19.6 Å². The molecule has 0 fully saturated rings. The Hall–Kier alpha value is -0.790. The summed E-state index contributed by atoms with van der Waals surface area (Å²) in [6, 6.07) is -0.512. The van der Waals surface area contributed by atoms with E-state index in [1.165, 1.54) is 18.9 Å². The van der Waals surface area contributed by atoms with Crippen molar-refractivity contribution in [3.63, 3.8) is 0 Å². The van der Waals surface area contributed by atoms with Crippen LogP contribution < -0.4 is 10.6 Å². The number of imide groups is 1. The minimum Gasteiger partial charge on any atom is -0.396 e. The van der Waals surface area contributed by atoms with Crippen LogP contribution in [0.2, 0.25) is 0 Å². The van der Waals surface area contributed by atoms with Crippen LogP contribution in [0.5, 0.6) is 0 Å². The first kappa shape index (κ1) is 16.2. The molecule has 100 valence electrons. The molecule has 6 nitrogen and oxygen atoms in total. The van der Waals surface area contributed by atoms with Gasteiger partial charge in [-0.1, -0.05) is 6.92 Å². The van der Waals surface area contributed by atoms with Gasteiger partial charge in [-0.15, -0.1) is 11.8 Å². The maximum atomic E-state index is 11.3. The van der Waals surface area contributed by atoms with Crippen LogP contribution in [0.15, 0.2) is 0 Å². The molecule has 0 aliphatic heterocycles. The molecule has 0 bridgehead atoms. The van der Waals surface area contributed by atoms with Crippen LogP contribution >= 0.6 is 11.8 Å². The zero-order valence-electron chi connectivity index (χ0n) is 10.2. The number of urea groups is 1. The number of ether oxygens (including phenoxy) is 1. The third-order valence-electron chi connectivity index (χ3n) is 1.88. The molecule has 0 aromatic carbocycles. The maximum Gasteiger partial charge on any atom is 0.321 e. The van der Waals surface area contributed by atoms with Crippen LogP contribution in [0.1, 0.15) is 13.3 Å². The number of amides is 3. The van der Waals surface area contributed by atoms with E-state index in [4.69, 9.17) is 9.84 Å². The van der Waals surface area contributed by atoms with Crippen LogP contribution in [0.3, 0.4) is 0 Å². The standard InChI is InChI=1S/C10H20N2O4S/c1-8(3-5-13)17-7-9(14)12-10(15)11-4-6-16-2/h8,13H,3-7H2,1-2H3,(H2,11,12,14,15). The molecule has 0 radical (unpaired) electrons. The van der Waals surface area contributed by atoms with Gasteiger partial charge in [-0.25, -0.2) is 4.79 Å². The first-order valence-corrected chi connectivity index (χ1v) is 6.44. The van der Waals surface area contributed by atoms with Gasteiger partial charge in [0, 0.05) is 25.5 Å². The van der Waals surface area contributed by atoms with Crippen molar-refractivity contribution in [2.24, 2.45) is 0 Å². The summed E-state index contributed by atoms with van der Waals surface area (Å²) >= 11 is 1.40. The van der Waals surface area contributed by atoms with Crippen molar-refractivity contribution in [3.8, 4) is 0 Å². The summed E-state index contributed by atoms with van der Waals surface area (Å²) in [5, 5.41) is 13.6. The number of carbonyl (C=O) groups excluding carboxylic acids is 2. The average molecular weight is 264 g/mol. The zero-order chi connectivity index (χ0) is 13.1. The molecule has 0 aromatic heterocycles. The molecule has 0 saturated heterocycles. The van der Waals surface area contributed by atoms with E-state index in [1.54, 1.807) is 0 Å². The quantitative estimate of drug-likeness (QED) is 0.536. The fourth-order valence-electron chi connectivity index (χ4n) is 0.957. The summed E-state index contributed by atoms with van der Waals surface area (Å²) < 4.78 is 4.75. The van der Waals surface area contributed by atoms with Gasteiger partial charge in [0.2, 0.25) is 5.91 Å². The van der Waals surface area contributed by atoms with Crippen molar-refractivity contribution in [2.75, 3.05) is 32.6 Å². The van der Waals surface area contributed by atoms with Crippen LogP contribution in [0.25, 0.3) is 0 Å². The molecule has 3 amide bonds. The van der Waals surface area contributed by atoms with E-state index in [1.807, 2.05) is 6.92 Å². The average Bonchev–Trinajstić information content (AvgIpc) is 2.27. The highest BCUT2D eigenvalue weighted by Gasteiger charge is 2.09. The monoisotopic (exact) mass is 264 g/mol. The number of thioether (sulfide) groups is 1. The van der Waals surface area contributed by atoms with Gasteiger partial charge in [-0.2, -0.15) is 0 Å². The number of rotatable bonds is 8. The normalized spacial score (nSPS) is 11.9.